The van der Waals surface area contributed by atoms with Crippen molar-refractivity contribution in [1.29, 1.82) is 0 Å². The Morgan fingerprint density at radius 1 is 1.29 bits per heavy atom. The Balaban J connectivity index is 2.68. The predicted molar refractivity (Wildman–Crippen MR) is 50.8 cm³/mol. The molecule has 14 heavy (non-hydrogen) atoms. The zero-order chi connectivity index (χ0) is 10.8. The summed E-state index contributed by atoms with van der Waals surface area (Å²) in [5, 5.41) is 0. The van der Waals surface area contributed by atoms with Crippen molar-refractivity contribution >= 4 is 7.82 Å². The van der Waals surface area contributed by atoms with Gasteiger partial charge in [-0.25, -0.2) is 9.09 Å². The molecule has 0 radical (unpaired) electrons. The van der Waals surface area contributed by atoms with E-state index in [0.717, 1.165) is 0 Å². The lowest BCUT2D eigenvalue weighted by Crippen LogP contribution is -2.39. The van der Waals surface area contributed by atoms with Gasteiger partial charge in [0.15, 0.2) is 0 Å². The van der Waals surface area contributed by atoms with E-state index in [1.54, 1.807) is 22.2 Å². The molecule has 0 fully saturated rings. The summed E-state index contributed by atoms with van der Waals surface area (Å²) < 4.78 is 15.4. The van der Waals surface area contributed by atoms with Gasteiger partial charge in [-0.15, -0.1) is 0 Å². The highest BCUT2D eigenvalue weighted by Gasteiger charge is 2.31. The summed E-state index contributed by atoms with van der Waals surface area (Å²) in [5.74, 6) is 0. The van der Waals surface area contributed by atoms with E-state index in [1.165, 1.54) is 0 Å². The van der Waals surface area contributed by atoms with E-state index < -0.39 is 14.2 Å². The number of phosphoric ester groups is 1. The predicted octanol–water partition coefficient (Wildman–Crippen LogP) is 0.508. The second kappa shape index (κ2) is 4.31. The van der Waals surface area contributed by atoms with Crippen molar-refractivity contribution in [2.24, 2.45) is 0 Å². The fraction of sp³-hybridized carbons (Fsp3) is 0.714. The lowest BCUT2D eigenvalue weighted by atomic mass is 10.6. The van der Waals surface area contributed by atoms with Crippen LogP contribution in [0.3, 0.4) is 0 Å². The van der Waals surface area contributed by atoms with Crippen LogP contribution in [-0.4, -0.2) is 39.0 Å². The molecule has 0 saturated heterocycles. The van der Waals surface area contributed by atoms with Crippen LogP contribution in [0.15, 0.2) is 12.4 Å². The maximum Gasteiger partial charge on any atom is 0.472 e. The minimum Gasteiger partial charge on any atom is -0.334 e. The van der Waals surface area contributed by atoms with Gasteiger partial charge < -0.3 is 19.6 Å². The van der Waals surface area contributed by atoms with Crippen LogP contribution in [0.4, 0.5) is 0 Å². The molecule has 7 heteroatoms. The molecule has 0 aromatic carbocycles. The Labute approximate surface area is 83.0 Å². The highest BCUT2D eigenvalue weighted by molar-refractivity contribution is 7.46. The van der Waals surface area contributed by atoms with Gasteiger partial charge in [-0.1, -0.05) is 0 Å². The lowest BCUT2D eigenvalue weighted by molar-refractivity contribution is -0.0395. The van der Waals surface area contributed by atoms with Crippen LogP contribution in [-0.2, 0) is 9.09 Å². The number of hydrogen-bond acceptors (Lipinski definition) is 4. The number of hydrogen-bond donors (Lipinski definition) is 2. The summed E-state index contributed by atoms with van der Waals surface area (Å²) >= 11 is 0. The Morgan fingerprint density at radius 2 is 1.71 bits per heavy atom. The first-order chi connectivity index (χ1) is 6.48. The van der Waals surface area contributed by atoms with Gasteiger partial charge in [0, 0.05) is 25.5 Å². The summed E-state index contributed by atoms with van der Waals surface area (Å²) in [7, 11) is -4.44. The van der Waals surface area contributed by atoms with Gasteiger partial charge in [-0.05, 0) is 13.8 Å². The first-order valence-electron chi connectivity index (χ1n) is 4.41. The van der Waals surface area contributed by atoms with Crippen molar-refractivity contribution in [3.8, 4) is 0 Å². The largest absolute Gasteiger partial charge is 0.472 e. The van der Waals surface area contributed by atoms with E-state index in [0.29, 0.717) is 13.1 Å². The Bertz CT molecular complexity index is 250. The van der Waals surface area contributed by atoms with Crippen molar-refractivity contribution in [2.75, 3.05) is 13.1 Å². The summed E-state index contributed by atoms with van der Waals surface area (Å²) in [6.07, 6.45) is 2.82. The lowest BCUT2D eigenvalue weighted by Gasteiger charge is -2.30. The van der Waals surface area contributed by atoms with E-state index in [4.69, 9.17) is 9.79 Å². The highest BCUT2D eigenvalue weighted by Crippen LogP contribution is 2.40. The molecule has 2 N–H and O–H groups in total. The second-order valence-electron chi connectivity index (χ2n) is 2.88. The summed E-state index contributed by atoms with van der Waals surface area (Å²) in [6.45, 7) is 5.05. The third kappa shape index (κ3) is 2.72. The zero-order valence-electron chi connectivity index (χ0n) is 8.20. The minimum absolute atomic E-state index is 0.637. The van der Waals surface area contributed by atoms with E-state index in [1.807, 2.05) is 13.8 Å². The van der Waals surface area contributed by atoms with Crippen LogP contribution >= 0.6 is 7.82 Å². The normalized spacial score (nSPS) is 18.3. The van der Waals surface area contributed by atoms with Crippen LogP contribution < -0.4 is 0 Å². The molecular weight excluding hydrogens is 207 g/mol. The maximum absolute atomic E-state index is 10.7. The van der Waals surface area contributed by atoms with Gasteiger partial charge >= 0.3 is 7.82 Å². The molecule has 0 saturated carbocycles. The zero-order valence-corrected chi connectivity index (χ0v) is 9.09. The maximum atomic E-state index is 10.7. The average Bonchev–Trinajstić information content (AvgIpc) is 2.44. The molecule has 0 amide bonds. The Morgan fingerprint density at radius 3 is 2.00 bits per heavy atom. The first-order valence-corrected chi connectivity index (χ1v) is 5.94. The summed E-state index contributed by atoms with van der Waals surface area (Å²) in [6, 6.07) is 0. The standard InChI is InChI=1S/C7H15N2O4P/c1-3-8-5-6-9(4-2)7(8)13-14(10,11)12/h5-7H,3-4H2,1-2H3,(H2,10,11,12). The molecule has 1 heterocycles. The fourth-order valence-electron chi connectivity index (χ4n) is 1.28. The molecule has 0 bridgehead atoms. The molecule has 0 aromatic rings. The molecule has 0 spiro atoms. The SMILES string of the molecule is CCN1C=CN(CC)C1OP(=O)(O)O. The van der Waals surface area contributed by atoms with Crippen LogP contribution in [0, 0.1) is 0 Å². The molecule has 1 aliphatic heterocycles. The topological polar surface area (TPSA) is 73.2 Å². The smallest absolute Gasteiger partial charge is 0.334 e. The summed E-state index contributed by atoms with van der Waals surface area (Å²) in [4.78, 5) is 20.8. The van der Waals surface area contributed by atoms with E-state index in [-0.39, 0.29) is 0 Å². The third-order valence-corrected chi connectivity index (χ3v) is 2.44. The van der Waals surface area contributed by atoms with Gasteiger partial charge in [0.1, 0.15) is 0 Å². The molecular formula is C7H15N2O4P. The molecule has 1 aliphatic rings. The first kappa shape index (κ1) is 11.5. The number of phosphoric acid groups is 1. The highest BCUT2D eigenvalue weighted by atomic mass is 31.2. The van der Waals surface area contributed by atoms with E-state index in [9.17, 15) is 4.57 Å². The van der Waals surface area contributed by atoms with Crippen LogP contribution in [0.25, 0.3) is 0 Å². The van der Waals surface area contributed by atoms with Crippen molar-refractivity contribution < 1.29 is 18.9 Å². The van der Waals surface area contributed by atoms with Crippen LogP contribution in [0.1, 0.15) is 13.8 Å². The molecule has 1 rings (SSSR count). The van der Waals surface area contributed by atoms with Crippen LogP contribution in [0.5, 0.6) is 0 Å². The average molecular weight is 222 g/mol. The number of nitrogens with zero attached hydrogens (tertiary/aromatic N) is 2. The van der Waals surface area contributed by atoms with Gasteiger partial charge in [0.2, 0.25) is 6.35 Å². The quantitative estimate of drug-likeness (QED) is 0.675. The van der Waals surface area contributed by atoms with Gasteiger partial charge in [0.05, 0.1) is 0 Å². The molecule has 0 aliphatic carbocycles. The Hall–Kier alpha value is -0.550. The Kier molecular flexibility index (Phi) is 3.55. The molecule has 82 valence electrons. The second-order valence-corrected chi connectivity index (χ2v) is 4.07. The van der Waals surface area contributed by atoms with Gasteiger partial charge in [-0.2, -0.15) is 0 Å². The fourth-order valence-corrected chi connectivity index (χ4v) is 1.76. The van der Waals surface area contributed by atoms with Gasteiger partial charge in [0.25, 0.3) is 0 Å². The monoisotopic (exact) mass is 222 g/mol. The molecule has 0 unspecified atom stereocenters. The van der Waals surface area contributed by atoms with Crippen LogP contribution in [0.2, 0.25) is 0 Å². The minimum atomic E-state index is -4.44. The van der Waals surface area contributed by atoms with Crippen molar-refractivity contribution in [1.82, 2.24) is 9.80 Å². The van der Waals surface area contributed by atoms with Gasteiger partial charge in [-0.3, -0.25) is 0 Å². The molecule has 6 nitrogen and oxygen atoms in total. The van der Waals surface area contributed by atoms with Crippen molar-refractivity contribution in [3.63, 3.8) is 0 Å². The van der Waals surface area contributed by atoms with Crippen molar-refractivity contribution in [3.05, 3.63) is 12.4 Å². The number of rotatable bonds is 4. The molecule has 0 aromatic heterocycles. The van der Waals surface area contributed by atoms with E-state index in [2.05, 4.69) is 4.52 Å². The summed E-state index contributed by atoms with van der Waals surface area (Å²) in [5.41, 5.74) is 0. The van der Waals surface area contributed by atoms with Crippen molar-refractivity contribution in [2.45, 2.75) is 20.2 Å². The van der Waals surface area contributed by atoms with E-state index >= 15 is 0 Å². The third-order valence-electron chi connectivity index (χ3n) is 1.98. The molecule has 0 atom stereocenters.